The lowest BCUT2D eigenvalue weighted by Crippen LogP contribution is -2.39. The number of para-hydroxylation sites is 1. The number of carbonyl (C=O) groups excluding carboxylic acids is 2. The molecule has 7 heteroatoms. The largest absolute Gasteiger partial charge is 0.508 e. The van der Waals surface area contributed by atoms with E-state index < -0.39 is 23.9 Å². The molecule has 7 nitrogen and oxygen atoms in total. The number of aliphatic hydroxyl groups is 2. The van der Waals surface area contributed by atoms with Crippen LogP contribution in [-0.2, 0) is 9.59 Å². The monoisotopic (exact) mass is 642 g/mol. The minimum Gasteiger partial charge on any atom is -0.508 e. The maximum atomic E-state index is 14.1. The van der Waals surface area contributed by atoms with Gasteiger partial charge in [-0.3, -0.25) is 14.5 Å². The number of aromatic hydroxyl groups is 1. The Hall–Kier alpha value is -4.98. The normalized spacial score (nSPS) is 20.2. The number of allylic oxidation sites excluding steroid dienone is 2. The molecule has 0 radical (unpaired) electrons. The van der Waals surface area contributed by atoms with E-state index in [-0.39, 0.29) is 24.2 Å². The molecule has 0 spiro atoms. The van der Waals surface area contributed by atoms with Crippen molar-refractivity contribution in [1.29, 1.82) is 0 Å². The highest BCUT2D eigenvalue weighted by molar-refractivity contribution is 6.22. The molecule has 1 aliphatic carbocycles. The number of phenols is 1. The summed E-state index contributed by atoms with van der Waals surface area (Å²) in [5.41, 5.74) is 6.93. The van der Waals surface area contributed by atoms with Crippen molar-refractivity contribution in [1.82, 2.24) is 0 Å². The first-order chi connectivity index (χ1) is 23.4. The maximum Gasteiger partial charge on any atom is 0.238 e. The molecule has 0 aromatic heterocycles. The molecule has 1 saturated heterocycles. The molecule has 4 aromatic carbocycles. The second-order valence-electron chi connectivity index (χ2n) is 12.7. The Kier molecular flexibility index (Phi) is 10.2. The smallest absolute Gasteiger partial charge is 0.238 e. The second kappa shape index (κ2) is 14.8. The zero-order chi connectivity index (χ0) is 33.6. The number of nitrogens with one attached hydrogen (secondary N) is 1. The van der Waals surface area contributed by atoms with E-state index in [1.165, 1.54) is 4.90 Å². The van der Waals surface area contributed by atoms with Crippen LogP contribution in [-0.4, -0.2) is 39.8 Å². The minimum absolute atomic E-state index is 0.195. The number of hydrogen-bond acceptors (Lipinski definition) is 6. The van der Waals surface area contributed by atoms with Gasteiger partial charge in [-0.1, -0.05) is 85.7 Å². The van der Waals surface area contributed by atoms with Crippen molar-refractivity contribution >= 4 is 40.5 Å². The van der Waals surface area contributed by atoms with Crippen LogP contribution in [0.1, 0.15) is 50.2 Å². The number of nitrogens with zero attached hydrogens (tertiary/aromatic N) is 1. The van der Waals surface area contributed by atoms with Gasteiger partial charge in [0.2, 0.25) is 11.8 Å². The van der Waals surface area contributed by atoms with Crippen LogP contribution in [0.15, 0.2) is 120 Å². The molecule has 1 fully saturated rings. The molecular weight excluding hydrogens is 600 g/mol. The average molecular weight is 643 g/mol. The Bertz CT molecular complexity index is 1780. The van der Waals surface area contributed by atoms with E-state index in [4.69, 9.17) is 0 Å². The van der Waals surface area contributed by atoms with Crippen LogP contribution in [0.4, 0.5) is 17.1 Å². The maximum absolute atomic E-state index is 14.1. The van der Waals surface area contributed by atoms with Crippen molar-refractivity contribution in [3.05, 3.63) is 131 Å². The van der Waals surface area contributed by atoms with E-state index in [1.807, 2.05) is 84.9 Å². The van der Waals surface area contributed by atoms with Crippen molar-refractivity contribution < 1.29 is 24.9 Å². The number of benzene rings is 4. The van der Waals surface area contributed by atoms with E-state index in [1.54, 1.807) is 24.3 Å². The SMILES string of the molecule is CCCC1=C([C@H](O)CC/C(=C/c2ccc(O)cc2)c2ccccc2)[C@H](CO)[C@@H]2C(=O)N(c3ccc(Nc4ccccc4)cc3)C(=O)[C@@H]2C1. The molecule has 1 heterocycles. The fourth-order valence-corrected chi connectivity index (χ4v) is 7.31. The van der Waals surface area contributed by atoms with Gasteiger partial charge in [-0.2, -0.15) is 0 Å². The lowest BCUT2D eigenvalue weighted by molar-refractivity contribution is -0.123. The molecule has 6 rings (SSSR count). The Morgan fingerprint density at radius 2 is 1.52 bits per heavy atom. The van der Waals surface area contributed by atoms with Gasteiger partial charge >= 0.3 is 0 Å². The van der Waals surface area contributed by atoms with E-state index in [0.29, 0.717) is 36.9 Å². The Morgan fingerprint density at radius 1 is 0.875 bits per heavy atom. The summed E-state index contributed by atoms with van der Waals surface area (Å²) in [6.07, 6.45) is 3.99. The van der Waals surface area contributed by atoms with Crippen molar-refractivity contribution in [2.75, 3.05) is 16.8 Å². The molecule has 2 aliphatic rings. The van der Waals surface area contributed by atoms with Crippen LogP contribution >= 0.6 is 0 Å². The van der Waals surface area contributed by atoms with Gasteiger partial charge in [0.05, 0.1) is 30.2 Å². The van der Waals surface area contributed by atoms with Gasteiger partial charge in [0, 0.05) is 17.3 Å². The lowest BCUT2D eigenvalue weighted by Gasteiger charge is -2.36. The Morgan fingerprint density at radius 3 is 2.17 bits per heavy atom. The number of fused-ring (bicyclic) bond motifs is 1. The first-order valence-electron chi connectivity index (χ1n) is 16.7. The molecule has 1 aliphatic heterocycles. The summed E-state index contributed by atoms with van der Waals surface area (Å²) in [6.45, 7) is 1.73. The minimum atomic E-state index is -0.892. The van der Waals surface area contributed by atoms with Gasteiger partial charge in [0.1, 0.15) is 5.75 Å². The van der Waals surface area contributed by atoms with E-state index in [2.05, 4.69) is 18.3 Å². The number of imide groups is 1. The predicted molar refractivity (Wildman–Crippen MR) is 190 cm³/mol. The number of rotatable bonds is 12. The highest BCUT2D eigenvalue weighted by Gasteiger charge is 2.55. The molecule has 48 heavy (non-hydrogen) atoms. The lowest BCUT2D eigenvalue weighted by atomic mass is 9.67. The number of anilines is 3. The van der Waals surface area contributed by atoms with Gasteiger partial charge in [-0.05, 0) is 96.5 Å². The van der Waals surface area contributed by atoms with E-state index in [0.717, 1.165) is 40.1 Å². The number of hydrogen-bond donors (Lipinski definition) is 4. The van der Waals surface area contributed by atoms with Crippen LogP contribution in [0.25, 0.3) is 11.6 Å². The Labute approximate surface area is 281 Å². The fourth-order valence-electron chi connectivity index (χ4n) is 7.31. The summed E-state index contributed by atoms with van der Waals surface area (Å²) < 4.78 is 0. The van der Waals surface area contributed by atoms with Crippen molar-refractivity contribution in [3.8, 4) is 5.75 Å². The molecule has 4 aromatic rings. The fraction of sp³-hybridized carbons (Fsp3) is 0.268. The molecule has 4 atom stereocenters. The van der Waals surface area contributed by atoms with Gasteiger partial charge in [0.15, 0.2) is 0 Å². The van der Waals surface area contributed by atoms with Gasteiger partial charge < -0.3 is 20.6 Å². The van der Waals surface area contributed by atoms with Gasteiger partial charge in [0.25, 0.3) is 0 Å². The predicted octanol–water partition coefficient (Wildman–Crippen LogP) is 7.73. The van der Waals surface area contributed by atoms with Crippen molar-refractivity contribution in [2.24, 2.45) is 17.8 Å². The highest BCUT2D eigenvalue weighted by Crippen LogP contribution is 2.48. The van der Waals surface area contributed by atoms with Gasteiger partial charge in [-0.25, -0.2) is 0 Å². The topological polar surface area (TPSA) is 110 Å². The second-order valence-corrected chi connectivity index (χ2v) is 12.7. The van der Waals surface area contributed by atoms with Gasteiger partial charge in [-0.15, -0.1) is 0 Å². The summed E-state index contributed by atoms with van der Waals surface area (Å²) >= 11 is 0. The van der Waals surface area contributed by atoms with E-state index in [9.17, 15) is 24.9 Å². The number of aliphatic hydroxyl groups excluding tert-OH is 2. The third kappa shape index (κ3) is 6.98. The van der Waals surface area contributed by atoms with Crippen LogP contribution in [0, 0.1) is 17.8 Å². The van der Waals surface area contributed by atoms with Crippen LogP contribution in [0.5, 0.6) is 5.75 Å². The molecule has 2 amide bonds. The quantitative estimate of drug-likeness (QED) is 0.0715. The summed E-state index contributed by atoms with van der Waals surface area (Å²) in [5, 5.41) is 35.7. The molecule has 0 saturated carbocycles. The first-order valence-corrected chi connectivity index (χ1v) is 16.7. The van der Waals surface area contributed by atoms with E-state index >= 15 is 0 Å². The molecule has 4 N–H and O–H groups in total. The summed E-state index contributed by atoms with van der Waals surface area (Å²) in [6, 6.07) is 34.0. The number of amides is 2. The van der Waals surface area contributed by atoms with Crippen molar-refractivity contribution in [3.63, 3.8) is 0 Å². The van der Waals surface area contributed by atoms with Crippen LogP contribution < -0.4 is 10.2 Å². The average Bonchev–Trinajstić information content (AvgIpc) is 3.36. The third-order valence-corrected chi connectivity index (χ3v) is 9.55. The zero-order valence-corrected chi connectivity index (χ0v) is 27.1. The first kappa shape index (κ1) is 32.9. The molecular formula is C41H42N2O5. The molecule has 0 bridgehead atoms. The standard InChI is InChI=1S/C41H42N2O5/c1-2-9-30-25-35-39(41(48)43(40(35)47)33-19-17-32(18-20-33)42-31-12-7-4-8-13-31)36(26-44)38(30)37(46)23-16-29(28-10-5-3-6-11-28)24-27-14-21-34(45)22-15-27/h3-8,10-15,17-22,24,35-37,39,42,44-46H,2,9,16,23,25-26H2,1H3/b29-24-/t35-,36+,37-,39-/m1/s1. The highest BCUT2D eigenvalue weighted by atomic mass is 16.3. The Balaban J connectivity index is 1.24. The summed E-state index contributed by atoms with van der Waals surface area (Å²) in [5.74, 6) is -2.36. The van der Waals surface area contributed by atoms with Crippen molar-refractivity contribution in [2.45, 2.75) is 45.1 Å². The molecule has 246 valence electrons. The summed E-state index contributed by atoms with van der Waals surface area (Å²) in [7, 11) is 0. The summed E-state index contributed by atoms with van der Waals surface area (Å²) in [4.78, 5) is 29.2. The van der Waals surface area contributed by atoms with Crippen LogP contribution in [0.3, 0.4) is 0 Å². The number of phenolic OH excluding ortho intramolecular Hbond substituents is 1. The van der Waals surface area contributed by atoms with Crippen LogP contribution in [0.2, 0.25) is 0 Å². The number of carbonyl (C=O) groups is 2. The third-order valence-electron chi connectivity index (χ3n) is 9.55. The zero-order valence-electron chi connectivity index (χ0n) is 27.1. The molecule has 0 unspecified atom stereocenters.